The van der Waals surface area contributed by atoms with E-state index in [4.69, 9.17) is 9.47 Å². The number of aliphatic hydroxyl groups is 2. The third kappa shape index (κ3) is 2.41. The number of ether oxygens (including phenoxy) is 2. The number of nitrogens with zero attached hydrogens (tertiary/aromatic N) is 1. The van der Waals surface area contributed by atoms with Gasteiger partial charge in [-0.2, -0.15) is 0 Å². The van der Waals surface area contributed by atoms with Gasteiger partial charge in [0.2, 0.25) is 0 Å². The number of likely N-dealkylation sites (tertiary alicyclic amines) is 1. The zero-order chi connectivity index (χ0) is 16.9. The standard InChI is InChI=1S/C15H25NO6/c1-9(17)16-13(2,3)8-10(18)15(14(16,4)5)21-11(19)6-7-12(20)22-15/h9-10,17-18H,6-8H2,1-5H3. The zero-order valence-electron chi connectivity index (χ0n) is 13.8. The minimum absolute atomic E-state index is 0.0819. The number of aliphatic hydroxyl groups excluding tert-OH is 2. The molecule has 0 aromatic rings. The predicted octanol–water partition coefficient (Wildman–Crippen LogP) is 0.525. The maximum atomic E-state index is 11.9. The lowest BCUT2D eigenvalue weighted by Gasteiger charge is -2.61. The van der Waals surface area contributed by atoms with Crippen LogP contribution in [0.5, 0.6) is 0 Å². The van der Waals surface area contributed by atoms with Crippen LogP contribution in [0.1, 0.15) is 53.9 Å². The second-order valence-corrected chi connectivity index (χ2v) is 7.21. The van der Waals surface area contributed by atoms with Crippen molar-refractivity contribution in [2.75, 3.05) is 0 Å². The number of esters is 2. The number of carbonyl (C=O) groups excluding carboxylic acids is 2. The highest BCUT2D eigenvalue weighted by atomic mass is 16.7. The molecule has 0 amide bonds. The van der Waals surface area contributed by atoms with E-state index in [-0.39, 0.29) is 19.3 Å². The van der Waals surface area contributed by atoms with E-state index in [0.717, 1.165) is 0 Å². The second-order valence-electron chi connectivity index (χ2n) is 7.21. The van der Waals surface area contributed by atoms with Gasteiger partial charge in [0.25, 0.3) is 0 Å². The first-order valence-electron chi connectivity index (χ1n) is 7.53. The predicted molar refractivity (Wildman–Crippen MR) is 76.5 cm³/mol. The Morgan fingerprint density at radius 2 is 1.59 bits per heavy atom. The van der Waals surface area contributed by atoms with Gasteiger partial charge >= 0.3 is 17.7 Å². The number of hydrogen-bond acceptors (Lipinski definition) is 7. The summed E-state index contributed by atoms with van der Waals surface area (Å²) in [5.41, 5.74) is -1.69. The van der Waals surface area contributed by atoms with Crippen molar-refractivity contribution < 1.29 is 29.3 Å². The fraction of sp³-hybridized carbons (Fsp3) is 0.867. The van der Waals surface area contributed by atoms with E-state index in [1.807, 2.05) is 13.8 Å². The number of hydrogen-bond donors (Lipinski definition) is 2. The van der Waals surface area contributed by atoms with Gasteiger partial charge in [-0.3, -0.25) is 14.5 Å². The first-order chi connectivity index (χ1) is 9.94. The molecule has 2 aliphatic heterocycles. The topological polar surface area (TPSA) is 96.3 Å². The van der Waals surface area contributed by atoms with Gasteiger partial charge in [-0.05, 0) is 41.0 Å². The summed E-state index contributed by atoms with van der Waals surface area (Å²) in [4.78, 5) is 25.6. The summed E-state index contributed by atoms with van der Waals surface area (Å²) in [6.07, 6.45) is -2.04. The molecule has 0 aliphatic carbocycles. The van der Waals surface area contributed by atoms with Crippen LogP contribution in [-0.4, -0.2) is 56.2 Å². The summed E-state index contributed by atoms with van der Waals surface area (Å²) in [7, 11) is 0. The molecule has 0 saturated carbocycles. The van der Waals surface area contributed by atoms with Gasteiger partial charge in [0.15, 0.2) is 0 Å². The second kappa shape index (κ2) is 5.18. The van der Waals surface area contributed by atoms with Gasteiger partial charge < -0.3 is 19.7 Å². The van der Waals surface area contributed by atoms with Crippen LogP contribution < -0.4 is 0 Å². The smallest absolute Gasteiger partial charge is 0.309 e. The Morgan fingerprint density at radius 3 is 2.00 bits per heavy atom. The molecule has 0 radical (unpaired) electrons. The lowest BCUT2D eigenvalue weighted by molar-refractivity contribution is -0.344. The summed E-state index contributed by atoms with van der Waals surface area (Å²) in [5, 5.41) is 20.9. The highest BCUT2D eigenvalue weighted by Crippen LogP contribution is 2.49. The first kappa shape index (κ1) is 17.2. The van der Waals surface area contributed by atoms with Crippen LogP contribution in [0.25, 0.3) is 0 Å². The van der Waals surface area contributed by atoms with E-state index in [1.54, 1.807) is 25.7 Å². The van der Waals surface area contributed by atoms with Crippen LogP contribution in [-0.2, 0) is 19.1 Å². The van der Waals surface area contributed by atoms with Crippen molar-refractivity contribution in [3.05, 3.63) is 0 Å². The molecule has 1 spiro atoms. The highest BCUT2D eigenvalue weighted by Gasteiger charge is 2.67. The van der Waals surface area contributed by atoms with Crippen LogP contribution >= 0.6 is 0 Å². The average molecular weight is 315 g/mol. The molecule has 0 bridgehead atoms. The van der Waals surface area contributed by atoms with Crippen molar-refractivity contribution in [1.82, 2.24) is 4.90 Å². The third-order valence-electron chi connectivity index (χ3n) is 4.68. The highest BCUT2D eigenvalue weighted by molar-refractivity contribution is 5.80. The van der Waals surface area contributed by atoms with Crippen LogP contribution in [0, 0.1) is 0 Å². The fourth-order valence-electron chi connectivity index (χ4n) is 4.06. The normalized spacial score (nSPS) is 32.0. The van der Waals surface area contributed by atoms with Crippen molar-refractivity contribution in [1.29, 1.82) is 0 Å². The molecule has 2 heterocycles. The molecule has 7 heteroatoms. The van der Waals surface area contributed by atoms with Crippen LogP contribution in [0.3, 0.4) is 0 Å². The number of carbonyl (C=O) groups is 2. The van der Waals surface area contributed by atoms with Crippen molar-refractivity contribution in [2.45, 2.75) is 83.1 Å². The first-order valence-corrected chi connectivity index (χ1v) is 7.53. The van der Waals surface area contributed by atoms with E-state index in [1.165, 1.54) is 0 Å². The monoisotopic (exact) mass is 315 g/mol. The minimum Gasteiger partial charge on any atom is -0.418 e. The van der Waals surface area contributed by atoms with Gasteiger partial charge in [-0.25, -0.2) is 0 Å². The Kier molecular flexibility index (Phi) is 4.04. The van der Waals surface area contributed by atoms with Crippen LogP contribution in [0.15, 0.2) is 0 Å². The van der Waals surface area contributed by atoms with Gasteiger partial charge in [0, 0.05) is 5.54 Å². The Labute approximate surface area is 130 Å². The Balaban J connectivity index is 2.57. The Bertz CT molecular complexity index is 466. The largest absolute Gasteiger partial charge is 0.418 e. The molecule has 2 saturated heterocycles. The SMILES string of the molecule is CC(O)N1C(C)(C)CC(O)C2(OC(=O)CCC(=O)O2)C1(C)C. The Morgan fingerprint density at radius 1 is 1.14 bits per heavy atom. The summed E-state index contributed by atoms with van der Waals surface area (Å²) >= 11 is 0. The molecule has 2 atom stereocenters. The number of rotatable bonds is 1. The molecule has 0 aromatic heterocycles. The minimum atomic E-state index is -1.83. The molecular weight excluding hydrogens is 290 g/mol. The summed E-state index contributed by atoms with van der Waals surface area (Å²) in [5.74, 6) is -3.02. The van der Waals surface area contributed by atoms with Crippen LogP contribution in [0.4, 0.5) is 0 Å². The molecule has 2 aliphatic rings. The fourth-order valence-corrected chi connectivity index (χ4v) is 4.06. The third-order valence-corrected chi connectivity index (χ3v) is 4.68. The van der Waals surface area contributed by atoms with Crippen molar-refractivity contribution in [3.8, 4) is 0 Å². The quantitative estimate of drug-likeness (QED) is 0.681. The lowest BCUT2D eigenvalue weighted by Crippen LogP contribution is -2.78. The van der Waals surface area contributed by atoms with E-state index in [9.17, 15) is 19.8 Å². The van der Waals surface area contributed by atoms with Crippen molar-refractivity contribution >= 4 is 11.9 Å². The molecule has 7 nitrogen and oxygen atoms in total. The van der Waals surface area contributed by atoms with Gasteiger partial charge in [0.05, 0.1) is 18.4 Å². The molecule has 22 heavy (non-hydrogen) atoms. The van der Waals surface area contributed by atoms with Crippen LogP contribution in [0.2, 0.25) is 0 Å². The van der Waals surface area contributed by atoms with E-state index >= 15 is 0 Å². The van der Waals surface area contributed by atoms with Gasteiger partial charge in [-0.15, -0.1) is 0 Å². The number of piperidine rings is 1. The maximum Gasteiger partial charge on any atom is 0.309 e. The summed E-state index contributed by atoms with van der Waals surface area (Å²) in [6.45, 7) is 8.72. The molecule has 2 fully saturated rings. The molecule has 2 rings (SSSR count). The van der Waals surface area contributed by atoms with Gasteiger partial charge in [0.1, 0.15) is 12.3 Å². The molecule has 2 N–H and O–H groups in total. The summed E-state index contributed by atoms with van der Waals surface area (Å²) < 4.78 is 10.9. The maximum absolute atomic E-state index is 11.9. The van der Waals surface area contributed by atoms with Crippen molar-refractivity contribution in [2.24, 2.45) is 0 Å². The molecule has 0 aromatic carbocycles. The molecule has 126 valence electrons. The summed E-state index contributed by atoms with van der Waals surface area (Å²) in [6, 6.07) is 0. The van der Waals surface area contributed by atoms with E-state index < -0.39 is 41.1 Å². The van der Waals surface area contributed by atoms with Crippen molar-refractivity contribution in [3.63, 3.8) is 0 Å². The molecule has 2 unspecified atom stereocenters. The van der Waals surface area contributed by atoms with E-state index in [2.05, 4.69) is 0 Å². The Hall–Kier alpha value is -1.18. The van der Waals surface area contributed by atoms with Gasteiger partial charge in [-0.1, -0.05) is 0 Å². The lowest BCUT2D eigenvalue weighted by atomic mass is 9.73. The van der Waals surface area contributed by atoms with E-state index in [0.29, 0.717) is 0 Å². The average Bonchev–Trinajstić information content (AvgIpc) is 2.46. The molecular formula is C15H25NO6. The zero-order valence-corrected chi connectivity index (χ0v) is 13.8.